The summed E-state index contributed by atoms with van der Waals surface area (Å²) in [4.78, 5) is 23.5. The van der Waals surface area contributed by atoms with E-state index in [1.165, 1.54) is 44.1 Å². The Hall–Kier alpha value is -1.55. The van der Waals surface area contributed by atoms with Crippen molar-refractivity contribution >= 4 is 29.1 Å². The highest BCUT2D eigenvalue weighted by Gasteiger charge is 2.51. The molecule has 5 rings (SSSR count). The average Bonchev–Trinajstić information content (AvgIpc) is 2.61. The minimum Gasteiger partial charge on any atom is -0.354 e. The van der Waals surface area contributed by atoms with Gasteiger partial charge in [-0.15, -0.1) is 11.6 Å². The first-order valence-corrected chi connectivity index (χ1v) is 10.7. The van der Waals surface area contributed by atoms with E-state index in [1.54, 1.807) is 6.92 Å². The first-order valence-electron chi connectivity index (χ1n) is 10.3. The third kappa shape index (κ3) is 4.01. The Bertz CT molecular complexity index is 678. The first-order chi connectivity index (χ1) is 12.9. The van der Waals surface area contributed by atoms with Crippen LogP contribution in [-0.4, -0.2) is 23.7 Å². The van der Waals surface area contributed by atoms with Crippen LogP contribution >= 0.6 is 11.6 Å². The molecule has 5 heteroatoms. The van der Waals surface area contributed by atoms with Crippen molar-refractivity contribution in [2.75, 3.05) is 11.9 Å². The minimum absolute atomic E-state index is 0.0971. The molecule has 0 aromatic heterocycles. The quantitative estimate of drug-likeness (QED) is 0.716. The van der Waals surface area contributed by atoms with Crippen molar-refractivity contribution < 1.29 is 9.59 Å². The molecule has 0 aliphatic heterocycles. The van der Waals surface area contributed by atoms with Gasteiger partial charge in [0.05, 0.1) is 0 Å². The lowest BCUT2D eigenvalue weighted by Crippen LogP contribution is -2.48. The maximum Gasteiger partial charge on any atom is 0.237 e. The third-order valence-corrected chi connectivity index (χ3v) is 7.03. The van der Waals surface area contributed by atoms with Crippen molar-refractivity contribution in [1.29, 1.82) is 0 Å². The van der Waals surface area contributed by atoms with Gasteiger partial charge in [0.15, 0.2) is 0 Å². The zero-order valence-electron chi connectivity index (χ0n) is 16.0. The molecule has 2 N–H and O–H groups in total. The molecule has 0 spiro atoms. The zero-order chi connectivity index (χ0) is 19.0. The van der Waals surface area contributed by atoms with Gasteiger partial charge in [-0.2, -0.15) is 0 Å². The molecule has 4 aliphatic carbocycles. The number of rotatable bonds is 6. The van der Waals surface area contributed by atoms with Crippen molar-refractivity contribution in [1.82, 2.24) is 5.32 Å². The number of nitrogens with one attached hydrogen (secondary N) is 2. The summed E-state index contributed by atoms with van der Waals surface area (Å²) < 4.78 is 0. The number of hydrogen-bond acceptors (Lipinski definition) is 2. The van der Waals surface area contributed by atoms with Crippen LogP contribution in [0.15, 0.2) is 24.3 Å². The SMILES string of the molecule is C[C@@H](Cl)C(=O)NCCC(=O)Nc1ccc(C23CC4CC(CC(C4)C2)C3)cc1. The van der Waals surface area contributed by atoms with Crippen molar-refractivity contribution in [2.45, 2.75) is 62.7 Å². The maximum absolute atomic E-state index is 12.1. The molecule has 0 radical (unpaired) electrons. The van der Waals surface area contributed by atoms with E-state index in [9.17, 15) is 9.59 Å². The Morgan fingerprint density at radius 2 is 1.63 bits per heavy atom. The smallest absolute Gasteiger partial charge is 0.237 e. The van der Waals surface area contributed by atoms with E-state index in [-0.39, 0.29) is 18.2 Å². The molecule has 4 fully saturated rings. The summed E-state index contributed by atoms with van der Waals surface area (Å²) in [7, 11) is 0. The van der Waals surface area contributed by atoms with Gasteiger partial charge >= 0.3 is 0 Å². The van der Waals surface area contributed by atoms with Gasteiger partial charge in [0, 0.05) is 18.7 Å². The predicted molar refractivity (Wildman–Crippen MR) is 108 cm³/mol. The second-order valence-corrected chi connectivity index (χ2v) is 9.64. The number of anilines is 1. The van der Waals surface area contributed by atoms with Crippen LogP contribution < -0.4 is 10.6 Å². The van der Waals surface area contributed by atoms with Crippen LogP contribution in [0, 0.1) is 17.8 Å². The van der Waals surface area contributed by atoms with E-state index in [4.69, 9.17) is 11.6 Å². The van der Waals surface area contributed by atoms with Crippen molar-refractivity contribution in [3.8, 4) is 0 Å². The van der Waals surface area contributed by atoms with E-state index < -0.39 is 5.38 Å². The Morgan fingerprint density at radius 3 is 2.15 bits per heavy atom. The molecule has 0 saturated heterocycles. The lowest BCUT2D eigenvalue weighted by Gasteiger charge is -2.57. The first kappa shape index (κ1) is 18.8. The lowest BCUT2D eigenvalue weighted by molar-refractivity contribution is -0.120. The highest BCUT2D eigenvalue weighted by molar-refractivity contribution is 6.30. The number of benzene rings is 1. The molecule has 1 aromatic carbocycles. The number of amides is 2. The summed E-state index contributed by atoms with van der Waals surface area (Å²) in [6.07, 6.45) is 8.65. The molecular weight excluding hydrogens is 360 g/mol. The molecule has 0 heterocycles. The van der Waals surface area contributed by atoms with Gasteiger partial charge in [-0.25, -0.2) is 0 Å². The number of hydrogen-bond donors (Lipinski definition) is 2. The van der Waals surface area contributed by atoms with Crippen LogP contribution in [0.4, 0.5) is 5.69 Å². The van der Waals surface area contributed by atoms with Crippen molar-refractivity contribution in [3.63, 3.8) is 0 Å². The van der Waals surface area contributed by atoms with Gasteiger partial charge in [-0.05, 0) is 86.3 Å². The molecule has 0 unspecified atom stereocenters. The Balaban J connectivity index is 1.33. The van der Waals surface area contributed by atoms with Gasteiger partial charge in [0.1, 0.15) is 5.38 Å². The second kappa shape index (κ2) is 7.46. The fourth-order valence-electron chi connectivity index (χ4n) is 6.03. The van der Waals surface area contributed by atoms with Gasteiger partial charge in [0.2, 0.25) is 11.8 Å². The van der Waals surface area contributed by atoms with E-state index in [0.717, 1.165) is 23.4 Å². The van der Waals surface area contributed by atoms with E-state index in [0.29, 0.717) is 12.0 Å². The fourth-order valence-corrected chi connectivity index (χ4v) is 6.11. The monoisotopic (exact) mass is 388 g/mol. The standard InChI is InChI=1S/C22H29ClN2O2/c1-14(23)21(27)24-7-6-20(26)25-19-4-2-18(3-5-19)22-11-15-8-16(12-22)10-17(9-15)13-22/h2-5,14-17H,6-13H2,1H3,(H,24,27)(H,25,26)/t14-,15?,16?,17?,22?/m1/s1. The van der Waals surface area contributed by atoms with Crippen molar-refractivity contribution in [3.05, 3.63) is 29.8 Å². The van der Waals surface area contributed by atoms with Gasteiger partial charge in [0.25, 0.3) is 0 Å². The van der Waals surface area contributed by atoms with E-state index in [2.05, 4.69) is 22.8 Å². The van der Waals surface area contributed by atoms with Crippen LogP contribution in [0.1, 0.15) is 57.4 Å². The molecule has 27 heavy (non-hydrogen) atoms. The van der Waals surface area contributed by atoms with E-state index >= 15 is 0 Å². The molecule has 4 saturated carbocycles. The lowest BCUT2D eigenvalue weighted by atomic mass is 9.48. The molecule has 4 bridgehead atoms. The van der Waals surface area contributed by atoms with Crippen LogP contribution in [0.25, 0.3) is 0 Å². The molecule has 2 amide bonds. The molecule has 4 aliphatic rings. The normalized spacial score (nSPS) is 32.1. The largest absolute Gasteiger partial charge is 0.354 e. The van der Waals surface area contributed by atoms with Crippen LogP contribution in [0.3, 0.4) is 0 Å². The Kier molecular flexibility index (Phi) is 5.19. The van der Waals surface area contributed by atoms with Crippen LogP contribution in [0.5, 0.6) is 0 Å². The number of halogens is 1. The summed E-state index contributed by atoms with van der Waals surface area (Å²) in [5.41, 5.74) is 2.67. The molecule has 1 aromatic rings. The predicted octanol–water partition coefficient (Wildman–Crippen LogP) is 4.23. The van der Waals surface area contributed by atoms with Crippen LogP contribution in [0.2, 0.25) is 0 Å². The highest BCUT2D eigenvalue weighted by Crippen LogP contribution is 2.60. The Labute approximate surface area is 166 Å². The minimum atomic E-state index is -0.579. The summed E-state index contributed by atoms with van der Waals surface area (Å²) in [6.45, 7) is 1.91. The maximum atomic E-state index is 12.1. The van der Waals surface area contributed by atoms with E-state index in [1.807, 2.05) is 12.1 Å². The zero-order valence-corrected chi connectivity index (χ0v) is 16.7. The summed E-state index contributed by atoms with van der Waals surface area (Å²) in [5, 5.41) is 4.99. The van der Waals surface area contributed by atoms with Gasteiger partial charge in [-0.1, -0.05) is 12.1 Å². The summed E-state index contributed by atoms with van der Waals surface area (Å²) in [5.74, 6) is 2.45. The third-order valence-electron chi connectivity index (χ3n) is 6.83. The van der Waals surface area contributed by atoms with Crippen LogP contribution in [-0.2, 0) is 15.0 Å². The van der Waals surface area contributed by atoms with Crippen molar-refractivity contribution in [2.24, 2.45) is 17.8 Å². The van der Waals surface area contributed by atoms with Gasteiger partial charge < -0.3 is 10.6 Å². The summed E-state index contributed by atoms with van der Waals surface area (Å²) in [6, 6.07) is 8.51. The summed E-state index contributed by atoms with van der Waals surface area (Å²) >= 11 is 5.69. The molecule has 146 valence electrons. The van der Waals surface area contributed by atoms with Gasteiger partial charge in [-0.3, -0.25) is 9.59 Å². The number of carbonyl (C=O) groups excluding carboxylic acids is 2. The molecule has 4 nitrogen and oxygen atoms in total. The number of carbonyl (C=O) groups is 2. The molecular formula is C22H29ClN2O2. The highest BCUT2D eigenvalue weighted by atomic mass is 35.5. The molecule has 1 atom stereocenters. The Morgan fingerprint density at radius 1 is 1.07 bits per heavy atom. The second-order valence-electron chi connectivity index (χ2n) is 8.98. The number of alkyl halides is 1. The fraction of sp³-hybridized carbons (Fsp3) is 0.636. The topological polar surface area (TPSA) is 58.2 Å². The average molecular weight is 389 g/mol.